The van der Waals surface area contributed by atoms with Crippen LogP contribution in [0.4, 0.5) is 0 Å². The Morgan fingerprint density at radius 3 is 2.35 bits per heavy atom. The zero-order chi connectivity index (χ0) is 15.3. The van der Waals surface area contributed by atoms with Crippen molar-refractivity contribution in [1.82, 2.24) is 5.32 Å². The minimum atomic E-state index is -0.144. The first-order chi connectivity index (χ1) is 9.25. The summed E-state index contributed by atoms with van der Waals surface area (Å²) in [6, 6.07) is 0. The van der Waals surface area contributed by atoms with Gasteiger partial charge in [-0.2, -0.15) is 0 Å². The summed E-state index contributed by atoms with van der Waals surface area (Å²) in [5, 5.41) is 14.4. The van der Waals surface area contributed by atoms with E-state index in [-0.39, 0.29) is 23.6 Å². The molecule has 1 atom stereocenters. The molecule has 1 saturated carbocycles. The molecule has 0 spiro atoms. The molecule has 5 nitrogen and oxygen atoms in total. The van der Waals surface area contributed by atoms with Crippen molar-refractivity contribution in [2.75, 3.05) is 6.54 Å². The zero-order valence-corrected chi connectivity index (χ0v) is 13.1. The highest BCUT2D eigenvalue weighted by molar-refractivity contribution is 5.83. The second-order valence-corrected chi connectivity index (χ2v) is 7.09. The number of amides is 1. The van der Waals surface area contributed by atoms with Gasteiger partial charge in [0.1, 0.15) is 5.84 Å². The maximum atomic E-state index is 12.1. The van der Waals surface area contributed by atoms with Crippen molar-refractivity contribution in [2.24, 2.45) is 34.1 Å². The quantitative estimate of drug-likeness (QED) is 0.320. The lowest BCUT2D eigenvalue weighted by molar-refractivity contribution is -0.126. The molecule has 116 valence electrons. The molecule has 0 aliphatic heterocycles. The van der Waals surface area contributed by atoms with Crippen molar-refractivity contribution in [3.63, 3.8) is 0 Å². The first-order valence-electron chi connectivity index (χ1n) is 7.50. The van der Waals surface area contributed by atoms with Crippen molar-refractivity contribution >= 4 is 11.7 Å². The van der Waals surface area contributed by atoms with E-state index in [1.54, 1.807) is 0 Å². The number of carbonyl (C=O) groups excluding carboxylic acids is 1. The van der Waals surface area contributed by atoms with Crippen molar-refractivity contribution in [3.05, 3.63) is 0 Å². The molecule has 1 unspecified atom stereocenters. The molecule has 1 rings (SSSR count). The number of oxime groups is 1. The van der Waals surface area contributed by atoms with Gasteiger partial charge in [-0.15, -0.1) is 0 Å². The van der Waals surface area contributed by atoms with E-state index in [1.165, 1.54) is 0 Å². The number of nitrogens with two attached hydrogens (primary N) is 1. The number of carbonyl (C=O) groups is 1. The van der Waals surface area contributed by atoms with Gasteiger partial charge in [-0.25, -0.2) is 0 Å². The summed E-state index contributed by atoms with van der Waals surface area (Å²) >= 11 is 0. The predicted octanol–water partition coefficient (Wildman–Crippen LogP) is 2.34. The van der Waals surface area contributed by atoms with E-state index in [0.29, 0.717) is 17.9 Å². The lowest BCUT2D eigenvalue weighted by Gasteiger charge is -2.36. The molecule has 0 saturated heterocycles. The smallest absolute Gasteiger partial charge is 0.223 e. The molecular weight excluding hydrogens is 254 g/mol. The van der Waals surface area contributed by atoms with Crippen LogP contribution in [-0.2, 0) is 4.79 Å². The Labute approximate surface area is 122 Å². The summed E-state index contributed by atoms with van der Waals surface area (Å²) in [4.78, 5) is 12.1. The number of nitrogens with zero attached hydrogens (tertiary/aromatic N) is 1. The maximum Gasteiger partial charge on any atom is 0.223 e. The Balaban J connectivity index is 2.37. The molecule has 0 radical (unpaired) electrons. The van der Waals surface area contributed by atoms with Crippen LogP contribution in [0.2, 0.25) is 0 Å². The van der Waals surface area contributed by atoms with Gasteiger partial charge in [0.05, 0.1) is 0 Å². The number of amidine groups is 1. The fourth-order valence-electron chi connectivity index (χ4n) is 2.82. The van der Waals surface area contributed by atoms with Crippen molar-refractivity contribution in [3.8, 4) is 0 Å². The third-order valence-electron chi connectivity index (χ3n) is 4.53. The normalized spacial score (nSPS) is 26.1. The van der Waals surface area contributed by atoms with E-state index in [4.69, 9.17) is 10.9 Å². The van der Waals surface area contributed by atoms with Crippen LogP contribution in [0, 0.1) is 23.2 Å². The van der Waals surface area contributed by atoms with Crippen LogP contribution < -0.4 is 11.1 Å². The Morgan fingerprint density at radius 2 is 1.90 bits per heavy atom. The lowest BCUT2D eigenvalue weighted by atomic mass is 9.69. The molecule has 0 bridgehead atoms. The average Bonchev–Trinajstić information content (AvgIpc) is 2.42. The summed E-state index contributed by atoms with van der Waals surface area (Å²) in [5.74, 6) is 0.947. The molecule has 0 heterocycles. The summed E-state index contributed by atoms with van der Waals surface area (Å²) < 4.78 is 0. The van der Waals surface area contributed by atoms with Crippen molar-refractivity contribution in [2.45, 2.75) is 53.4 Å². The minimum Gasteiger partial charge on any atom is -0.409 e. The molecule has 0 aromatic heterocycles. The minimum absolute atomic E-state index is 0.106. The van der Waals surface area contributed by atoms with Gasteiger partial charge in [0, 0.05) is 18.4 Å². The van der Waals surface area contributed by atoms with E-state index in [0.717, 1.165) is 25.7 Å². The molecule has 20 heavy (non-hydrogen) atoms. The SMILES string of the molecule is CC(CNC(=O)C1CCC(C(C)(C)C)CC1)C(N)=NO. The lowest BCUT2D eigenvalue weighted by Crippen LogP contribution is -2.39. The average molecular weight is 283 g/mol. The fourth-order valence-corrected chi connectivity index (χ4v) is 2.82. The van der Waals surface area contributed by atoms with E-state index in [2.05, 4.69) is 31.2 Å². The number of rotatable bonds is 4. The van der Waals surface area contributed by atoms with Crippen molar-refractivity contribution < 1.29 is 10.0 Å². The molecule has 0 aromatic carbocycles. The number of nitrogens with one attached hydrogen (secondary N) is 1. The molecule has 4 N–H and O–H groups in total. The summed E-state index contributed by atoms with van der Waals surface area (Å²) in [6.45, 7) is 9.07. The van der Waals surface area contributed by atoms with Gasteiger partial charge in [0.25, 0.3) is 0 Å². The zero-order valence-electron chi connectivity index (χ0n) is 13.1. The maximum absolute atomic E-state index is 12.1. The molecule has 1 amide bonds. The summed E-state index contributed by atoms with van der Waals surface area (Å²) in [6.07, 6.45) is 4.17. The molecular formula is C15H29N3O2. The van der Waals surface area contributed by atoms with Crippen LogP contribution >= 0.6 is 0 Å². The molecule has 1 aliphatic rings. The highest BCUT2D eigenvalue weighted by Crippen LogP contribution is 2.39. The van der Waals surface area contributed by atoms with Crippen LogP contribution in [0.5, 0.6) is 0 Å². The van der Waals surface area contributed by atoms with Gasteiger partial charge >= 0.3 is 0 Å². The van der Waals surface area contributed by atoms with E-state index in [1.807, 2.05) is 6.92 Å². The first-order valence-corrected chi connectivity index (χ1v) is 7.50. The van der Waals surface area contributed by atoms with Crippen LogP contribution in [0.3, 0.4) is 0 Å². The number of hydrogen-bond acceptors (Lipinski definition) is 3. The third kappa shape index (κ3) is 4.69. The molecule has 1 aliphatic carbocycles. The van der Waals surface area contributed by atoms with Crippen LogP contribution in [0.25, 0.3) is 0 Å². The summed E-state index contributed by atoms with van der Waals surface area (Å²) in [5.41, 5.74) is 5.83. The molecule has 5 heteroatoms. The summed E-state index contributed by atoms with van der Waals surface area (Å²) in [7, 11) is 0. The first kappa shape index (κ1) is 16.8. The Bertz CT molecular complexity index is 353. The topological polar surface area (TPSA) is 87.7 Å². The standard InChI is InChI=1S/C15H29N3O2/c1-10(13(16)18-20)9-17-14(19)11-5-7-12(8-6-11)15(2,3)4/h10-12,20H,5-9H2,1-4H3,(H2,16,18)(H,17,19). The third-order valence-corrected chi connectivity index (χ3v) is 4.53. The molecule has 1 fully saturated rings. The highest BCUT2D eigenvalue weighted by Gasteiger charge is 2.32. The Morgan fingerprint density at radius 1 is 1.35 bits per heavy atom. The monoisotopic (exact) mass is 283 g/mol. The predicted molar refractivity (Wildman–Crippen MR) is 80.5 cm³/mol. The largest absolute Gasteiger partial charge is 0.409 e. The highest BCUT2D eigenvalue weighted by atomic mass is 16.4. The van der Waals surface area contributed by atoms with Gasteiger partial charge in [-0.05, 0) is 37.0 Å². The van der Waals surface area contributed by atoms with Crippen molar-refractivity contribution in [1.29, 1.82) is 0 Å². The number of hydrogen-bond donors (Lipinski definition) is 3. The van der Waals surface area contributed by atoms with E-state index < -0.39 is 0 Å². The fraction of sp³-hybridized carbons (Fsp3) is 0.867. The van der Waals surface area contributed by atoms with Gasteiger partial charge in [-0.3, -0.25) is 4.79 Å². The van der Waals surface area contributed by atoms with Gasteiger partial charge in [-0.1, -0.05) is 32.9 Å². The second kappa shape index (κ2) is 6.95. The molecule has 0 aromatic rings. The van der Waals surface area contributed by atoms with Gasteiger partial charge < -0.3 is 16.3 Å². The Kier molecular flexibility index (Phi) is 5.84. The van der Waals surface area contributed by atoms with E-state index >= 15 is 0 Å². The Hall–Kier alpha value is -1.26. The van der Waals surface area contributed by atoms with Gasteiger partial charge in [0.2, 0.25) is 5.91 Å². The van der Waals surface area contributed by atoms with Crippen LogP contribution in [-0.4, -0.2) is 23.5 Å². The van der Waals surface area contributed by atoms with Crippen LogP contribution in [0.15, 0.2) is 5.16 Å². The van der Waals surface area contributed by atoms with E-state index in [9.17, 15) is 4.79 Å². The van der Waals surface area contributed by atoms with Gasteiger partial charge in [0.15, 0.2) is 0 Å². The second-order valence-electron chi connectivity index (χ2n) is 7.09. The van der Waals surface area contributed by atoms with Crippen LogP contribution in [0.1, 0.15) is 53.4 Å².